The van der Waals surface area contributed by atoms with Crippen molar-refractivity contribution < 1.29 is 4.79 Å². The van der Waals surface area contributed by atoms with Crippen LogP contribution in [0.4, 0.5) is 0 Å². The van der Waals surface area contributed by atoms with E-state index in [1.165, 1.54) is 22.4 Å². The second kappa shape index (κ2) is 6.41. The monoisotopic (exact) mass is 301 g/mol. The Morgan fingerprint density at radius 1 is 1.43 bits per heavy atom. The van der Waals surface area contributed by atoms with Crippen molar-refractivity contribution in [1.29, 1.82) is 5.26 Å². The number of hydrogen-bond donors (Lipinski definition) is 0. The van der Waals surface area contributed by atoms with Crippen LogP contribution >= 0.6 is 11.3 Å². The van der Waals surface area contributed by atoms with E-state index in [4.69, 9.17) is 5.26 Å². The Morgan fingerprint density at radius 2 is 2.19 bits per heavy atom. The molecule has 0 aromatic carbocycles. The molecule has 0 N–H and O–H groups in total. The number of nitrogens with zero attached hydrogens (tertiary/aromatic N) is 5. The summed E-state index contributed by atoms with van der Waals surface area (Å²) >= 11 is 1.27. The predicted octanol–water partition coefficient (Wildman–Crippen LogP) is 2.07. The van der Waals surface area contributed by atoms with Gasteiger partial charge in [0.05, 0.1) is 23.7 Å². The van der Waals surface area contributed by atoms with Crippen LogP contribution in [0.5, 0.6) is 0 Å². The highest BCUT2D eigenvalue weighted by Crippen LogP contribution is 2.26. The van der Waals surface area contributed by atoms with Gasteiger partial charge in [-0.1, -0.05) is 6.92 Å². The Labute approximate surface area is 127 Å². The third kappa shape index (κ3) is 3.23. The molecule has 0 atom stereocenters. The lowest BCUT2D eigenvalue weighted by Crippen LogP contribution is -2.26. The molecular weight excluding hydrogens is 286 g/mol. The topological polar surface area (TPSA) is 82.8 Å². The molecule has 0 saturated carbocycles. The predicted molar refractivity (Wildman–Crippen MR) is 79.8 cm³/mol. The summed E-state index contributed by atoms with van der Waals surface area (Å²) in [6.45, 7) is 3.95. The molecule has 2 rings (SSSR count). The summed E-state index contributed by atoms with van der Waals surface area (Å²) in [4.78, 5) is 27.1. The molecular formula is C14H15N5OS. The maximum Gasteiger partial charge on any atom is 0.266 e. The number of carbonyl (C=O) groups excluding carboxylic acids is 1. The molecule has 0 saturated heterocycles. The van der Waals surface area contributed by atoms with Crippen molar-refractivity contribution >= 4 is 17.2 Å². The minimum atomic E-state index is -0.210. The zero-order chi connectivity index (χ0) is 15.4. The van der Waals surface area contributed by atoms with Crippen molar-refractivity contribution in [3.05, 3.63) is 28.7 Å². The van der Waals surface area contributed by atoms with Crippen LogP contribution in [0.1, 0.15) is 28.0 Å². The van der Waals surface area contributed by atoms with E-state index in [1.807, 2.05) is 19.9 Å². The number of aryl methyl sites for hydroxylation is 2. The lowest BCUT2D eigenvalue weighted by molar-refractivity contribution is 0.0816. The van der Waals surface area contributed by atoms with Crippen LogP contribution in [0.15, 0.2) is 12.4 Å². The van der Waals surface area contributed by atoms with Gasteiger partial charge >= 0.3 is 0 Å². The molecule has 6 nitrogen and oxygen atoms in total. The average Bonchev–Trinajstić information content (AvgIpc) is 2.96. The van der Waals surface area contributed by atoms with Gasteiger partial charge in [-0.3, -0.25) is 9.78 Å². The van der Waals surface area contributed by atoms with Crippen molar-refractivity contribution in [2.24, 2.45) is 0 Å². The summed E-state index contributed by atoms with van der Waals surface area (Å²) in [6.07, 6.45) is 3.97. The molecule has 2 heterocycles. The highest BCUT2D eigenvalue weighted by molar-refractivity contribution is 7.16. The minimum absolute atomic E-state index is 0.0522. The van der Waals surface area contributed by atoms with Gasteiger partial charge in [0.1, 0.15) is 22.1 Å². The molecule has 108 valence electrons. The fraction of sp³-hybridized carbons (Fsp3) is 0.357. The Bertz CT molecular complexity index is 704. The van der Waals surface area contributed by atoms with Gasteiger partial charge in [-0.25, -0.2) is 9.97 Å². The van der Waals surface area contributed by atoms with Crippen LogP contribution in [0, 0.1) is 18.3 Å². The highest BCUT2D eigenvalue weighted by Gasteiger charge is 2.18. The molecule has 0 unspecified atom stereocenters. The number of carbonyl (C=O) groups is 1. The van der Waals surface area contributed by atoms with Gasteiger partial charge in [0.15, 0.2) is 0 Å². The van der Waals surface area contributed by atoms with Gasteiger partial charge in [0, 0.05) is 13.2 Å². The van der Waals surface area contributed by atoms with Gasteiger partial charge in [-0.05, 0) is 13.3 Å². The van der Waals surface area contributed by atoms with Gasteiger partial charge < -0.3 is 4.90 Å². The first-order chi connectivity index (χ1) is 10.1. The van der Waals surface area contributed by atoms with Crippen molar-refractivity contribution in [2.45, 2.75) is 20.3 Å². The molecule has 2 aromatic heterocycles. The Hall–Kier alpha value is -2.33. The first-order valence-corrected chi connectivity index (χ1v) is 7.29. The summed E-state index contributed by atoms with van der Waals surface area (Å²) in [6, 6.07) is 1.95. The van der Waals surface area contributed by atoms with Crippen LogP contribution in [0.25, 0.3) is 10.7 Å². The van der Waals surface area contributed by atoms with Gasteiger partial charge in [0.2, 0.25) is 0 Å². The van der Waals surface area contributed by atoms with Crippen molar-refractivity contribution in [3.8, 4) is 16.8 Å². The van der Waals surface area contributed by atoms with E-state index >= 15 is 0 Å². The molecule has 0 bridgehead atoms. The van der Waals surface area contributed by atoms with Crippen LogP contribution in [0.2, 0.25) is 0 Å². The number of amides is 1. The second-order valence-electron chi connectivity index (χ2n) is 4.51. The van der Waals surface area contributed by atoms with E-state index in [9.17, 15) is 4.79 Å². The summed E-state index contributed by atoms with van der Waals surface area (Å²) in [5.74, 6) is -0.210. The number of thiazole rings is 1. The van der Waals surface area contributed by atoms with Crippen LogP contribution in [0.3, 0.4) is 0 Å². The summed E-state index contributed by atoms with van der Waals surface area (Å²) in [7, 11) is 1.59. The van der Waals surface area contributed by atoms with E-state index in [0.717, 1.165) is 23.5 Å². The van der Waals surface area contributed by atoms with Crippen molar-refractivity contribution in [3.63, 3.8) is 0 Å². The highest BCUT2D eigenvalue weighted by atomic mass is 32.1. The summed E-state index contributed by atoms with van der Waals surface area (Å²) in [5, 5.41) is 9.31. The quantitative estimate of drug-likeness (QED) is 0.807. The maximum atomic E-state index is 12.1. The number of rotatable bonds is 4. The standard InChI is InChI=1S/C14H15N5OS/c1-4-10-12(16-7-9(2)18-10)13-17-8-11(21-13)14(20)19(3)6-5-15/h7-8H,4,6H2,1-3H3. The summed E-state index contributed by atoms with van der Waals surface area (Å²) in [5.41, 5.74) is 2.45. The molecule has 0 radical (unpaired) electrons. The Morgan fingerprint density at radius 3 is 2.86 bits per heavy atom. The van der Waals surface area contributed by atoms with Gasteiger partial charge in [-0.2, -0.15) is 5.26 Å². The lowest BCUT2D eigenvalue weighted by atomic mass is 10.2. The SMILES string of the molecule is CCc1nc(C)cnc1-c1ncc(C(=O)N(C)CC#N)s1. The van der Waals surface area contributed by atoms with E-state index in [0.29, 0.717) is 9.88 Å². The fourth-order valence-electron chi connectivity index (χ4n) is 1.80. The second-order valence-corrected chi connectivity index (χ2v) is 5.54. The largest absolute Gasteiger partial charge is 0.328 e. The van der Waals surface area contributed by atoms with Crippen LogP contribution in [-0.2, 0) is 6.42 Å². The van der Waals surface area contributed by atoms with Crippen LogP contribution in [-0.4, -0.2) is 39.4 Å². The van der Waals surface area contributed by atoms with Crippen LogP contribution < -0.4 is 0 Å². The molecule has 7 heteroatoms. The third-order valence-corrected chi connectivity index (χ3v) is 3.87. The molecule has 0 spiro atoms. The Balaban J connectivity index is 2.32. The third-order valence-electron chi connectivity index (χ3n) is 2.87. The normalized spacial score (nSPS) is 10.2. The molecule has 21 heavy (non-hydrogen) atoms. The molecule has 1 amide bonds. The molecule has 0 fully saturated rings. The molecule has 0 aliphatic rings. The smallest absolute Gasteiger partial charge is 0.266 e. The van der Waals surface area contributed by atoms with E-state index in [1.54, 1.807) is 13.2 Å². The Kier molecular flexibility index (Phi) is 4.60. The average molecular weight is 301 g/mol. The number of nitriles is 1. The molecule has 0 aliphatic heterocycles. The van der Waals surface area contributed by atoms with Crippen molar-refractivity contribution in [1.82, 2.24) is 19.9 Å². The molecule has 0 aliphatic carbocycles. The summed E-state index contributed by atoms with van der Waals surface area (Å²) < 4.78 is 0. The van der Waals surface area contributed by atoms with E-state index < -0.39 is 0 Å². The number of aromatic nitrogens is 3. The van der Waals surface area contributed by atoms with Gasteiger partial charge in [0.25, 0.3) is 5.91 Å². The van der Waals surface area contributed by atoms with Gasteiger partial charge in [-0.15, -0.1) is 11.3 Å². The van der Waals surface area contributed by atoms with E-state index in [-0.39, 0.29) is 12.5 Å². The first-order valence-electron chi connectivity index (χ1n) is 6.48. The zero-order valence-electron chi connectivity index (χ0n) is 12.1. The lowest BCUT2D eigenvalue weighted by Gasteiger charge is -2.10. The maximum absolute atomic E-state index is 12.1. The number of hydrogen-bond acceptors (Lipinski definition) is 6. The van der Waals surface area contributed by atoms with Crippen molar-refractivity contribution in [2.75, 3.05) is 13.6 Å². The fourth-order valence-corrected chi connectivity index (χ4v) is 2.73. The van der Waals surface area contributed by atoms with E-state index in [2.05, 4.69) is 15.0 Å². The first kappa shape index (κ1) is 15.1. The zero-order valence-corrected chi connectivity index (χ0v) is 12.9. The molecule has 2 aromatic rings. The minimum Gasteiger partial charge on any atom is -0.328 e.